The van der Waals surface area contributed by atoms with Gasteiger partial charge in [-0.15, -0.1) is 0 Å². The monoisotopic (exact) mass is 188 g/mol. The van der Waals surface area contributed by atoms with Crippen molar-refractivity contribution >= 4 is 11.6 Å². The Labute approximate surface area is 77.5 Å². The second kappa shape index (κ2) is 4.08. The molecular weight excluding hydrogens is 176 g/mol. The van der Waals surface area contributed by atoms with E-state index in [1.54, 1.807) is 24.3 Å². The Morgan fingerprint density at radius 3 is 2.92 bits per heavy atom. The zero-order valence-electron chi connectivity index (χ0n) is 7.03. The first-order valence-corrected chi connectivity index (χ1v) is 4.44. The van der Waals surface area contributed by atoms with Gasteiger partial charge in [-0.2, -0.15) is 0 Å². The zero-order chi connectivity index (χ0) is 9.03. The molecule has 1 N–H and O–H groups in total. The van der Waals surface area contributed by atoms with Gasteiger partial charge in [-0.05, 0) is 12.5 Å². The Hall–Kier alpha value is -0.310. The standard InChI is InChI=1S/C9H13ClO2/c1-2-7-12-9(10)6-4-3-5-8(9)11/h3-6,8,11H,2,7H2,1H3. The number of halogens is 1. The summed E-state index contributed by atoms with van der Waals surface area (Å²) in [5, 5.41) is 8.41. The van der Waals surface area contributed by atoms with Crippen LogP contribution in [0.2, 0.25) is 0 Å². The number of ether oxygens (including phenoxy) is 1. The van der Waals surface area contributed by atoms with E-state index in [0.717, 1.165) is 6.42 Å². The minimum Gasteiger partial charge on any atom is -0.384 e. The van der Waals surface area contributed by atoms with Gasteiger partial charge in [0, 0.05) is 6.61 Å². The van der Waals surface area contributed by atoms with E-state index >= 15 is 0 Å². The molecule has 0 fully saturated rings. The van der Waals surface area contributed by atoms with Crippen molar-refractivity contribution in [3.63, 3.8) is 0 Å². The van der Waals surface area contributed by atoms with Crippen LogP contribution in [0, 0.1) is 0 Å². The first-order valence-electron chi connectivity index (χ1n) is 4.06. The molecule has 2 atom stereocenters. The molecule has 0 aromatic carbocycles. The summed E-state index contributed by atoms with van der Waals surface area (Å²) in [4.78, 5) is 0. The fourth-order valence-electron chi connectivity index (χ4n) is 0.978. The van der Waals surface area contributed by atoms with Gasteiger partial charge in [0.05, 0.1) is 0 Å². The van der Waals surface area contributed by atoms with Crippen LogP contribution in [0.5, 0.6) is 0 Å². The average molecular weight is 189 g/mol. The molecule has 0 radical (unpaired) electrons. The molecule has 3 heteroatoms. The van der Waals surface area contributed by atoms with Crippen molar-refractivity contribution in [3.05, 3.63) is 24.3 Å². The van der Waals surface area contributed by atoms with Gasteiger partial charge in [-0.25, -0.2) is 0 Å². The van der Waals surface area contributed by atoms with Gasteiger partial charge in [-0.1, -0.05) is 36.8 Å². The van der Waals surface area contributed by atoms with E-state index in [9.17, 15) is 5.11 Å². The third-order valence-electron chi connectivity index (χ3n) is 1.66. The number of allylic oxidation sites excluding steroid dienone is 2. The summed E-state index contributed by atoms with van der Waals surface area (Å²) in [5.41, 5.74) is 0. The minimum atomic E-state index is -1.05. The van der Waals surface area contributed by atoms with Crippen molar-refractivity contribution < 1.29 is 9.84 Å². The molecule has 0 aromatic heterocycles. The highest BCUT2D eigenvalue weighted by Gasteiger charge is 2.33. The molecule has 1 aliphatic carbocycles. The topological polar surface area (TPSA) is 29.5 Å². The maximum Gasteiger partial charge on any atom is 0.189 e. The fourth-order valence-corrected chi connectivity index (χ4v) is 1.20. The van der Waals surface area contributed by atoms with Crippen LogP contribution < -0.4 is 0 Å². The summed E-state index contributed by atoms with van der Waals surface area (Å²) < 4.78 is 5.31. The molecule has 0 aromatic rings. The maximum absolute atomic E-state index is 9.46. The molecule has 0 amide bonds. The maximum atomic E-state index is 9.46. The predicted molar refractivity (Wildman–Crippen MR) is 49.1 cm³/mol. The van der Waals surface area contributed by atoms with Crippen molar-refractivity contribution in [1.29, 1.82) is 0 Å². The first kappa shape index (κ1) is 9.78. The van der Waals surface area contributed by atoms with Gasteiger partial charge >= 0.3 is 0 Å². The van der Waals surface area contributed by atoms with E-state index in [2.05, 4.69) is 0 Å². The lowest BCUT2D eigenvalue weighted by molar-refractivity contribution is -0.0191. The predicted octanol–water partition coefficient (Wildman–Crippen LogP) is 1.83. The van der Waals surface area contributed by atoms with Gasteiger partial charge < -0.3 is 9.84 Å². The molecule has 0 saturated carbocycles. The third kappa shape index (κ3) is 2.09. The van der Waals surface area contributed by atoms with Gasteiger partial charge in [0.1, 0.15) is 6.10 Å². The summed E-state index contributed by atoms with van der Waals surface area (Å²) in [6.07, 6.45) is 6.93. The molecule has 2 unspecified atom stereocenters. The molecule has 0 bridgehead atoms. The van der Waals surface area contributed by atoms with Crippen molar-refractivity contribution in [2.24, 2.45) is 0 Å². The van der Waals surface area contributed by atoms with E-state index < -0.39 is 11.2 Å². The van der Waals surface area contributed by atoms with Crippen LogP contribution in [0.3, 0.4) is 0 Å². The largest absolute Gasteiger partial charge is 0.384 e. The molecule has 1 rings (SSSR count). The zero-order valence-corrected chi connectivity index (χ0v) is 7.79. The SMILES string of the molecule is CCCOC1(Cl)C=CC=CC1O. The van der Waals surface area contributed by atoms with Crippen LogP contribution in [0.1, 0.15) is 13.3 Å². The van der Waals surface area contributed by atoms with Gasteiger partial charge in [0.2, 0.25) is 0 Å². The number of rotatable bonds is 3. The van der Waals surface area contributed by atoms with E-state index in [1.807, 2.05) is 6.92 Å². The molecule has 0 heterocycles. The highest BCUT2D eigenvalue weighted by Crippen LogP contribution is 2.27. The second-order valence-corrected chi connectivity index (χ2v) is 3.33. The minimum absolute atomic E-state index is 0.554. The number of aliphatic hydroxyl groups is 1. The van der Waals surface area contributed by atoms with Gasteiger partial charge in [-0.3, -0.25) is 0 Å². The Balaban J connectivity index is 2.57. The Morgan fingerprint density at radius 2 is 2.33 bits per heavy atom. The third-order valence-corrected chi connectivity index (χ3v) is 2.12. The quantitative estimate of drug-likeness (QED) is 0.685. The average Bonchev–Trinajstić information content (AvgIpc) is 2.07. The molecule has 12 heavy (non-hydrogen) atoms. The summed E-state index contributed by atoms with van der Waals surface area (Å²) in [5.74, 6) is 0. The molecule has 1 aliphatic rings. The van der Waals surface area contributed by atoms with Crippen LogP contribution >= 0.6 is 11.6 Å². The smallest absolute Gasteiger partial charge is 0.189 e. The van der Waals surface area contributed by atoms with Gasteiger partial charge in [0.15, 0.2) is 5.06 Å². The molecule has 0 spiro atoms. The number of aliphatic hydroxyl groups excluding tert-OH is 1. The number of hydrogen-bond acceptors (Lipinski definition) is 2. The van der Waals surface area contributed by atoms with Gasteiger partial charge in [0.25, 0.3) is 0 Å². The summed E-state index contributed by atoms with van der Waals surface area (Å²) in [6, 6.07) is 0. The Bertz CT molecular complexity index is 201. The highest BCUT2D eigenvalue weighted by molar-refractivity contribution is 6.24. The van der Waals surface area contributed by atoms with Crippen molar-refractivity contribution in [1.82, 2.24) is 0 Å². The van der Waals surface area contributed by atoms with Crippen LogP contribution in [0.4, 0.5) is 0 Å². The lowest BCUT2D eigenvalue weighted by Crippen LogP contribution is -2.37. The summed E-state index contributed by atoms with van der Waals surface area (Å²) in [7, 11) is 0. The number of alkyl halides is 1. The van der Waals surface area contributed by atoms with Crippen molar-refractivity contribution in [2.45, 2.75) is 24.5 Å². The molecular formula is C9H13ClO2. The lowest BCUT2D eigenvalue weighted by atomic mass is 10.1. The Kier molecular flexibility index (Phi) is 3.32. The fraction of sp³-hybridized carbons (Fsp3) is 0.556. The molecule has 0 aliphatic heterocycles. The second-order valence-electron chi connectivity index (χ2n) is 2.74. The van der Waals surface area contributed by atoms with Crippen LogP contribution in [-0.2, 0) is 4.74 Å². The Morgan fingerprint density at radius 1 is 1.58 bits per heavy atom. The van der Waals surface area contributed by atoms with Crippen LogP contribution in [0.25, 0.3) is 0 Å². The van der Waals surface area contributed by atoms with Crippen molar-refractivity contribution in [2.75, 3.05) is 6.61 Å². The lowest BCUT2D eigenvalue weighted by Gasteiger charge is -2.28. The normalized spacial score (nSPS) is 34.1. The summed E-state index contributed by atoms with van der Waals surface area (Å²) >= 11 is 5.99. The number of hydrogen-bond donors (Lipinski definition) is 1. The van der Waals surface area contributed by atoms with Crippen LogP contribution in [0.15, 0.2) is 24.3 Å². The molecule has 2 nitrogen and oxygen atoms in total. The highest BCUT2D eigenvalue weighted by atomic mass is 35.5. The van der Waals surface area contributed by atoms with Crippen LogP contribution in [-0.4, -0.2) is 22.9 Å². The first-order chi connectivity index (χ1) is 5.69. The summed E-state index contributed by atoms with van der Waals surface area (Å²) in [6.45, 7) is 2.55. The molecule has 68 valence electrons. The van der Waals surface area contributed by atoms with Crippen molar-refractivity contribution in [3.8, 4) is 0 Å². The van der Waals surface area contributed by atoms with E-state index in [1.165, 1.54) is 0 Å². The van der Waals surface area contributed by atoms with E-state index in [-0.39, 0.29) is 0 Å². The molecule has 0 saturated heterocycles. The van der Waals surface area contributed by atoms with E-state index in [0.29, 0.717) is 6.61 Å². The van der Waals surface area contributed by atoms with E-state index in [4.69, 9.17) is 16.3 Å².